The smallest absolute Gasteiger partial charge is 0.330 e. The molecule has 0 spiro atoms. The van der Waals surface area contributed by atoms with Gasteiger partial charge in [-0.05, 0) is 13.8 Å². The molecule has 0 aliphatic carbocycles. The largest absolute Gasteiger partial charge is 0.460 e. The number of ether oxygens (including phenoxy) is 2. The Morgan fingerprint density at radius 3 is 2.62 bits per heavy atom. The van der Waals surface area contributed by atoms with Crippen molar-refractivity contribution in [3.8, 4) is 0 Å². The van der Waals surface area contributed by atoms with Gasteiger partial charge >= 0.3 is 5.97 Å². The van der Waals surface area contributed by atoms with Gasteiger partial charge in [-0.1, -0.05) is 6.58 Å². The van der Waals surface area contributed by atoms with Crippen molar-refractivity contribution in [3.63, 3.8) is 0 Å². The van der Waals surface area contributed by atoms with Crippen LogP contribution in [0.25, 0.3) is 0 Å². The summed E-state index contributed by atoms with van der Waals surface area (Å²) in [5.74, 6) is -0.465. The van der Waals surface area contributed by atoms with E-state index in [4.69, 9.17) is 14.6 Å². The minimum atomic E-state index is -0.502. The molecule has 76 valence electrons. The Kier molecular flexibility index (Phi) is 6.18. The average molecular weight is 188 g/mol. The lowest BCUT2D eigenvalue weighted by molar-refractivity contribution is -0.142. The van der Waals surface area contributed by atoms with Gasteiger partial charge in [0, 0.05) is 6.08 Å². The number of rotatable bonds is 6. The molecule has 0 heterocycles. The van der Waals surface area contributed by atoms with E-state index in [1.54, 1.807) is 13.8 Å². The molecule has 0 bridgehead atoms. The molecule has 0 amide bonds. The van der Waals surface area contributed by atoms with Crippen molar-refractivity contribution >= 4 is 5.97 Å². The lowest BCUT2D eigenvalue weighted by Gasteiger charge is -2.13. The molecule has 2 unspecified atom stereocenters. The molecule has 0 aromatic rings. The number of esters is 1. The van der Waals surface area contributed by atoms with Gasteiger partial charge in [-0.3, -0.25) is 0 Å². The quantitative estimate of drug-likeness (QED) is 0.487. The van der Waals surface area contributed by atoms with E-state index in [0.717, 1.165) is 6.08 Å². The predicted octanol–water partition coefficient (Wildman–Crippen LogP) is 0.501. The number of aliphatic hydroxyl groups is 1. The molecule has 0 aliphatic heterocycles. The van der Waals surface area contributed by atoms with Crippen LogP contribution in [0.4, 0.5) is 0 Å². The molecule has 2 atom stereocenters. The van der Waals surface area contributed by atoms with E-state index in [1.807, 2.05) is 0 Å². The third-order valence-electron chi connectivity index (χ3n) is 1.25. The summed E-state index contributed by atoms with van der Waals surface area (Å²) in [4.78, 5) is 10.6. The van der Waals surface area contributed by atoms with Crippen LogP contribution in [-0.4, -0.2) is 36.5 Å². The summed E-state index contributed by atoms with van der Waals surface area (Å²) >= 11 is 0. The summed E-state index contributed by atoms with van der Waals surface area (Å²) in [6.07, 6.45) is 0.387. The molecule has 0 aromatic heterocycles. The van der Waals surface area contributed by atoms with E-state index in [0.29, 0.717) is 0 Å². The van der Waals surface area contributed by atoms with E-state index in [-0.39, 0.29) is 19.3 Å². The van der Waals surface area contributed by atoms with Crippen molar-refractivity contribution in [1.82, 2.24) is 0 Å². The molecule has 0 aromatic carbocycles. The molecule has 0 saturated carbocycles. The first-order valence-corrected chi connectivity index (χ1v) is 4.15. The minimum absolute atomic E-state index is 0.178. The van der Waals surface area contributed by atoms with Crippen molar-refractivity contribution in [3.05, 3.63) is 12.7 Å². The van der Waals surface area contributed by atoms with Gasteiger partial charge in [-0.2, -0.15) is 0 Å². The van der Waals surface area contributed by atoms with Gasteiger partial charge in [0.25, 0.3) is 0 Å². The molecule has 0 aliphatic rings. The zero-order chi connectivity index (χ0) is 10.3. The summed E-state index contributed by atoms with van der Waals surface area (Å²) in [5, 5.41) is 8.88. The highest BCUT2D eigenvalue weighted by Gasteiger charge is 2.06. The molecule has 4 nitrogen and oxygen atoms in total. The zero-order valence-corrected chi connectivity index (χ0v) is 8.03. The fourth-order valence-corrected chi connectivity index (χ4v) is 0.610. The van der Waals surface area contributed by atoms with Gasteiger partial charge < -0.3 is 14.6 Å². The summed E-state index contributed by atoms with van der Waals surface area (Å²) in [6.45, 7) is 7.07. The number of carbonyl (C=O) groups excluding carboxylic acids is 1. The number of hydrogen-bond acceptors (Lipinski definition) is 4. The maximum absolute atomic E-state index is 10.6. The van der Waals surface area contributed by atoms with E-state index >= 15 is 0 Å². The van der Waals surface area contributed by atoms with Crippen molar-refractivity contribution in [2.45, 2.75) is 26.1 Å². The molecule has 0 fully saturated rings. The minimum Gasteiger partial charge on any atom is -0.460 e. The van der Waals surface area contributed by atoms with Crippen LogP contribution in [-0.2, 0) is 14.3 Å². The summed E-state index contributed by atoms with van der Waals surface area (Å²) in [5.41, 5.74) is 0. The molecular formula is C9H16O4. The Bertz CT molecular complexity index is 165. The van der Waals surface area contributed by atoms with Crippen LogP contribution in [0.2, 0.25) is 0 Å². The lowest BCUT2D eigenvalue weighted by atomic mass is 10.4. The maximum atomic E-state index is 10.6. The second-order valence-corrected chi connectivity index (χ2v) is 2.83. The lowest BCUT2D eigenvalue weighted by Crippen LogP contribution is -2.22. The topological polar surface area (TPSA) is 55.8 Å². The maximum Gasteiger partial charge on any atom is 0.330 e. The van der Waals surface area contributed by atoms with Crippen LogP contribution < -0.4 is 0 Å². The van der Waals surface area contributed by atoms with Crippen LogP contribution in [0, 0.1) is 0 Å². The Morgan fingerprint density at radius 2 is 2.15 bits per heavy atom. The highest BCUT2D eigenvalue weighted by Crippen LogP contribution is 1.94. The van der Waals surface area contributed by atoms with Gasteiger partial charge in [-0.25, -0.2) is 4.79 Å². The fourth-order valence-electron chi connectivity index (χ4n) is 0.610. The third kappa shape index (κ3) is 7.49. The van der Waals surface area contributed by atoms with Crippen LogP contribution in [0.15, 0.2) is 12.7 Å². The Hall–Kier alpha value is -0.870. The van der Waals surface area contributed by atoms with Crippen molar-refractivity contribution < 1.29 is 19.4 Å². The Morgan fingerprint density at radius 1 is 1.54 bits per heavy atom. The second-order valence-electron chi connectivity index (χ2n) is 2.83. The van der Waals surface area contributed by atoms with Gasteiger partial charge in [0.1, 0.15) is 6.61 Å². The first-order chi connectivity index (χ1) is 6.06. The van der Waals surface area contributed by atoms with Gasteiger partial charge in [-0.15, -0.1) is 0 Å². The Labute approximate surface area is 78.2 Å². The van der Waals surface area contributed by atoms with E-state index in [2.05, 4.69) is 6.58 Å². The van der Waals surface area contributed by atoms with E-state index < -0.39 is 12.1 Å². The van der Waals surface area contributed by atoms with Crippen LogP contribution in [0.1, 0.15) is 13.8 Å². The summed E-state index contributed by atoms with van der Waals surface area (Å²) in [7, 11) is 0. The number of hydrogen-bond donors (Lipinski definition) is 1. The van der Waals surface area contributed by atoms with E-state index in [9.17, 15) is 4.79 Å². The van der Waals surface area contributed by atoms with Gasteiger partial charge in [0.2, 0.25) is 0 Å². The highest BCUT2D eigenvalue weighted by atomic mass is 16.6. The van der Waals surface area contributed by atoms with Gasteiger partial charge in [0.15, 0.2) is 0 Å². The predicted molar refractivity (Wildman–Crippen MR) is 48.3 cm³/mol. The standard InChI is InChI=1S/C9H16O4/c1-4-9(11)13-6-8(3)12-5-7(2)10/h4,7-8,10H,1,5-6H2,2-3H3. The summed E-state index contributed by atoms with van der Waals surface area (Å²) < 4.78 is 9.86. The van der Waals surface area contributed by atoms with Crippen LogP contribution in [0.5, 0.6) is 0 Å². The first kappa shape index (κ1) is 12.1. The third-order valence-corrected chi connectivity index (χ3v) is 1.25. The van der Waals surface area contributed by atoms with Gasteiger partial charge in [0.05, 0.1) is 18.8 Å². The number of carbonyl (C=O) groups is 1. The fraction of sp³-hybridized carbons (Fsp3) is 0.667. The van der Waals surface area contributed by atoms with Crippen molar-refractivity contribution in [2.24, 2.45) is 0 Å². The van der Waals surface area contributed by atoms with Crippen molar-refractivity contribution in [1.29, 1.82) is 0 Å². The molecule has 4 heteroatoms. The molecule has 13 heavy (non-hydrogen) atoms. The van der Waals surface area contributed by atoms with E-state index in [1.165, 1.54) is 0 Å². The first-order valence-electron chi connectivity index (χ1n) is 4.15. The zero-order valence-electron chi connectivity index (χ0n) is 8.03. The SMILES string of the molecule is C=CC(=O)OCC(C)OCC(C)O. The highest BCUT2D eigenvalue weighted by molar-refractivity contribution is 5.81. The number of aliphatic hydroxyl groups excluding tert-OH is 1. The normalized spacial score (nSPS) is 14.7. The summed E-state index contributed by atoms with van der Waals surface area (Å²) in [6, 6.07) is 0. The average Bonchev–Trinajstić information content (AvgIpc) is 2.10. The van der Waals surface area contributed by atoms with Crippen molar-refractivity contribution in [2.75, 3.05) is 13.2 Å². The monoisotopic (exact) mass is 188 g/mol. The molecular weight excluding hydrogens is 172 g/mol. The molecule has 0 rings (SSSR count). The molecule has 0 radical (unpaired) electrons. The van der Waals surface area contributed by atoms with Crippen LogP contribution >= 0.6 is 0 Å². The molecule has 0 saturated heterocycles. The Balaban J connectivity index is 3.45. The van der Waals surface area contributed by atoms with Crippen LogP contribution in [0.3, 0.4) is 0 Å². The molecule has 1 N–H and O–H groups in total. The second kappa shape index (κ2) is 6.62.